The van der Waals surface area contributed by atoms with Gasteiger partial charge < -0.3 is 9.64 Å². The second kappa shape index (κ2) is 5.77. The number of nitrogens with zero attached hydrogens (tertiary/aromatic N) is 1. The molecule has 1 aromatic carbocycles. The van der Waals surface area contributed by atoms with Crippen molar-refractivity contribution in [3.05, 3.63) is 29.8 Å². The molecular formula is C18H24ClNO2. The molecule has 2 aliphatic rings. The van der Waals surface area contributed by atoms with Gasteiger partial charge in [-0.15, -0.1) is 11.6 Å². The smallest absolute Gasteiger partial charge is 0.229 e. The van der Waals surface area contributed by atoms with Crippen molar-refractivity contribution in [1.29, 1.82) is 0 Å². The summed E-state index contributed by atoms with van der Waals surface area (Å²) in [7, 11) is 0. The van der Waals surface area contributed by atoms with Gasteiger partial charge in [0.15, 0.2) is 0 Å². The molecule has 0 bridgehead atoms. The van der Waals surface area contributed by atoms with Crippen LogP contribution in [0.25, 0.3) is 0 Å². The van der Waals surface area contributed by atoms with Gasteiger partial charge in [-0.1, -0.05) is 18.2 Å². The Bertz CT molecular complexity index is 562. The van der Waals surface area contributed by atoms with E-state index in [9.17, 15) is 4.79 Å². The molecule has 22 heavy (non-hydrogen) atoms. The lowest BCUT2D eigenvalue weighted by Crippen LogP contribution is -2.53. The third kappa shape index (κ3) is 2.83. The molecule has 4 heteroatoms. The SMILES string of the molecule is CC(C)(CCl)C(=O)N1CCC2(CCc3ccccc3O2)CC1. The van der Waals surface area contributed by atoms with Crippen LogP contribution in [0.2, 0.25) is 0 Å². The summed E-state index contributed by atoms with van der Waals surface area (Å²) in [4.78, 5) is 14.5. The summed E-state index contributed by atoms with van der Waals surface area (Å²) >= 11 is 5.93. The highest BCUT2D eigenvalue weighted by Crippen LogP contribution is 2.39. The molecule has 0 aliphatic carbocycles. The summed E-state index contributed by atoms with van der Waals surface area (Å²) in [5, 5.41) is 0. The summed E-state index contributed by atoms with van der Waals surface area (Å²) in [6, 6.07) is 8.30. The van der Waals surface area contributed by atoms with Gasteiger partial charge in [0.2, 0.25) is 5.91 Å². The molecule has 0 radical (unpaired) electrons. The molecule has 0 aromatic heterocycles. The second-order valence-electron chi connectivity index (χ2n) is 7.20. The predicted molar refractivity (Wildman–Crippen MR) is 88.4 cm³/mol. The molecule has 1 aromatic rings. The molecule has 0 unspecified atom stereocenters. The number of fused-ring (bicyclic) bond motifs is 1. The van der Waals surface area contributed by atoms with Crippen molar-refractivity contribution in [2.24, 2.45) is 5.41 Å². The van der Waals surface area contributed by atoms with Crippen molar-refractivity contribution in [3.8, 4) is 5.75 Å². The molecule has 0 saturated carbocycles. The summed E-state index contributed by atoms with van der Waals surface area (Å²) in [6.07, 6.45) is 3.93. The normalized spacial score (nSPS) is 20.4. The number of aryl methyl sites for hydroxylation is 1. The Labute approximate surface area is 137 Å². The van der Waals surface area contributed by atoms with Crippen molar-refractivity contribution >= 4 is 17.5 Å². The van der Waals surface area contributed by atoms with Crippen molar-refractivity contribution in [1.82, 2.24) is 4.90 Å². The Balaban J connectivity index is 1.67. The van der Waals surface area contributed by atoms with E-state index in [0.29, 0.717) is 5.88 Å². The highest BCUT2D eigenvalue weighted by Gasteiger charge is 2.42. The van der Waals surface area contributed by atoms with Crippen LogP contribution in [0.15, 0.2) is 24.3 Å². The van der Waals surface area contributed by atoms with Crippen LogP contribution >= 0.6 is 11.6 Å². The summed E-state index contributed by atoms with van der Waals surface area (Å²) in [6.45, 7) is 5.36. The lowest BCUT2D eigenvalue weighted by Gasteiger charge is -2.45. The van der Waals surface area contributed by atoms with Gasteiger partial charge in [0.05, 0.1) is 5.41 Å². The van der Waals surface area contributed by atoms with Crippen molar-refractivity contribution in [3.63, 3.8) is 0 Å². The maximum absolute atomic E-state index is 12.5. The van der Waals surface area contributed by atoms with E-state index in [2.05, 4.69) is 18.2 Å². The van der Waals surface area contributed by atoms with Crippen LogP contribution in [0.4, 0.5) is 0 Å². The second-order valence-corrected chi connectivity index (χ2v) is 7.47. The van der Waals surface area contributed by atoms with Crippen LogP contribution in [0, 0.1) is 5.41 Å². The third-order valence-corrected chi connectivity index (χ3v) is 5.69. The Hall–Kier alpha value is -1.22. The fraction of sp³-hybridized carbons (Fsp3) is 0.611. The predicted octanol–water partition coefficient (Wildman–Crippen LogP) is 3.64. The quantitative estimate of drug-likeness (QED) is 0.778. The standard InChI is InChI=1S/C18H24ClNO2/c1-17(2,13-19)16(21)20-11-9-18(10-12-20)8-7-14-5-3-4-6-15(14)22-18/h3-6H,7-13H2,1-2H3. The number of benzene rings is 1. The van der Waals surface area contributed by atoms with Gasteiger partial charge in [-0.25, -0.2) is 0 Å². The minimum atomic E-state index is -0.480. The van der Waals surface area contributed by atoms with Gasteiger partial charge in [0.25, 0.3) is 0 Å². The first-order valence-electron chi connectivity index (χ1n) is 8.08. The maximum Gasteiger partial charge on any atom is 0.229 e. The zero-order valence-electron chi connectivity index (χ0n) is 13.4. The van der Waals surface area contributed by atoms with Gasteiger partial charge in [0.1, 0.15) is 11.4 Å². The third-order valence-electron chi connectivity index (χ3n) is 5.02. The zero-order chi connectivity index (χ0) is 15.8. The number of ether oxygens (including phenoxy) is 1. The fourth-order valence-corrected chi connectivity index (χ4v) is 3.53. The number of rotatable bonds is 2. The largest absolute Gasteiger partial charge is 0.487 e. The topological polar surface area (TPSA) is 29.5 Å². The number of halogens is 1. The van der Waals surface area contributed by atoms with E-state index in [1.165, 1.54) is 5.56 Å². The van der Waals surface area contributed by atoms with Crippen molar-refractivity contribution in [2.45, 2.75) is 45.1 Å². The summed E-state index contributed by atoms with van der Waals surface area (Å²) in [5.41, 5.74) is 0.734. The minimum Gasteiger partial charge on any atom is -0.487 e. The molecule has 1 fully saturated rings. The van der Waals surface area contributed by atoms with Crippen LogP contribution in [0.1, 0.15) is 38.7 Å². The van der Waals surface area contributed by atoms with Crippen molar-refractivity contribution in [2.75, 3.05) is 19.0 Å². The van der Waals surface area contributed by atoms with Gasteiger partial charge in [-0.2, -0.15) is 0 Å². The molecule has 120 valence electrons. The molecule has 3 nitrogen and oxygen atoms in total. The van der Waals surface area contributed by atoms with Crippen LogP contribution in [-0.2, 0) is 11.2 Å². The van der Waals surface area contributed by atoms with Crippen LogP contribution in [0.5, 0.6) is 5.75 Å². The van der Waals surface area contributed by atoms with E-state index in [-0.39, 0.29) is 11.5 Å². The molecule has 1 amide bonds. The lowest BCUT2D eigenvalue weighted by molar-refractivity contribution is -0.143. The van der Waals surface area contributed by atoms with Gasteiger partial charge >= 0.3 is 0 Å². The van der Waals surface area contributed by atoms with Gasteiger partial charge in [-0.05, 0) is 38.3 Å². The van der Waals surface area contributed by atoms with Crippen LogP contribution < -0.4 is 4.74 Å². The molecule has 0 atom stereocenters. The number of likely N-dealkylation sites (tertiary alicyclic amines) is 1. The Morgan fingerprint density at radius 3 is 2.64 bits per heavy atom. The monoisotopic (exact) mass is 321 g/mol. The highest BCUT2D eigenvalue weighted by atomic mass is 35.5. The average Bonchev–Trinajstić information content (AvgIpc) is 2.55. The molecule has 2 aliphatic heterocycles. The van der Waals surface area contributed by atoms with E-state index in [1.807, 2.05) is 24.8 Å². The molecule has 2 heterocycles. The number of hydrogen-bond donors (Lipinski definition) is 0. The van der Waals surface area contributed by atoms with Crippen LogP contribution in [-0.4, -0.2) is 35.4 Å². The number of carbonyl (C=O) groups excluding carboxylic acids is 1. The molecule has 0 N–H and O–H groups in total. The first-order chi connectivity index (χ1) is 10.5. The Morgan fingerprint density at radius 2 is 1.95 bits per heavy atom. The van der Waals surface area contributed by atoms with E-state index < -0.39 is 5.41 Å². The minimum absolute atomic E-state index is 0.0871. The van der Waals surface area contributed by atoms with E-state index in [1.54, 1.807) is 0 Å². The number of hydrogen-bond acceptors (Lipinski definition) is 2. The van der Waals surface area contributed by atoms with Crippen molar-refractivity contribution < 1.29 is 9.53 Å². The number of carbonyl (C=O) groups is 1. The van der Waals surface area contributed by atoms with Gasteiger partial charge in [-0.3, -0.25) is 4.79 Å². The lowest BCUT2D eigenvalue weighted by atomic mass is 9.82. The molecular weight excluding hydrogens is 298 g/mol. The zero-order valence-corrected chi connectivity index (χ0v) is 14.2. The number of para-hydroxylation sites is 1. The van der Waals surface area contributed by atoms with Crippen LogP contribution in [0.3, 0.4) is 0 Å². The number of alkyl halides is 1. The molecule has 3 rings (SSSR count). The number of amides is 1. The average molecular weight is 322 g/mol. The Morgan fingerprint density at radius 1 is 1.27 bits per heavy atom. The number of piperidine rings is 1. The first-order valence-corrected chi connectivity index (χ1v) is 8.62. The van der Waals surface area contributed by atoms with E-state index in [0.717, 1.165) is 44.5 Å². The summed E-state index contributed by atoms with van der Waals surface area (Å²) in [5.74, 6) is 1.54. The van der Waals surface area contributed by atoms with E-state index >= 15 is 0 Å². The highest BCUT2D eigenvalue weighted by molar-refractivity contribution is 6.19. The van der Waals surface area contributed by atoms with E-state index in [4.69, 9.17) is 16.3 Å². The molecule has 1 saturated heterocycles. The first kappa shape index (κ1) is 15.7. The summed E-state index contributed by atoms with van der Waals surface area (Å²) < 4.78 is 6.34. The van der Waals surface area contributed by atoms with Gasteiger partial charge in [0, 0.05) is 31.8 Å². The Kier molecular flexibility index (Phi) is 4.11. The maximum atomic E-state index is 12.5. The molecule has 1 spiro atoms. The fourth-order valence-electron chi connectivity index (χ4n) is 3.41.